The maximum atomic E-state index is 11.8. The zero-order chi connectivity index (χ0) is 18.9. The van der Waals surface area contributed by atoms with E-state index in [1.807, 2.05) is 0 Å². The summed E-state index contributed by atoms with van der Waals surface area (Å²) in [5.41, 5.74) is 0.296. The van der Waals surface area contributed by atoms with Crippen molar-refractivity contribution in [3.8, 4) is 11.5 Å². The molecule has 1 amide bonds. The van der Waals surface area contributed by atoms with Crippen molar-refractivity contribution in [3.05, 3.63) is 69.2 Å². The molecule has 0 spiro atoms. The second-order valence-corrected chi connectivity index (χ2v) is 5.53. The number of amides is 1. The van der Waals surface area contributed by atoms with E-state index in [1.165, 1.54) is 24.3 Å². The Morgan fingerprint density at radius 1 is 1.27 bits per heavy atom. The number of benzene rings is 2. The first-order chi connectivity index (χ1) is 12.5. The molecule has 2 aromatic carbocycles. The SMILES string of the molecule is COc1cccc(OCCNC(=O)/C=C/c2ccc(Cl)c([N+](=O)[O-])c2)c1. The summed E-state index contributed by atoms with van der Waals surface area (Å²) in [6.45, 7) is 0.598. The third kappa shape index (κ3) is 5.78. The van der Waals surface area contributed by atoms with Gasteiger partial charge >= 0.3 is 0 Å². The van der Waals surface area contributed by atoms with Crippen molar-refractivity contribution < 1.29 is 19.2 Å². The highest BCUT2D eigenvalue weighted by atomic mass is 35.5. The van der Waals surface area contributed by atoms with Crippen LogP contribution in [0.25, 0.3) is 6.08 Å². The van der Waals surface area contributed by atoms with Crippen molar-refractivity contribution in [2.45, 2.75) is 0 Å². The standard InChI is InChI=1S/C18H17ClN2O5/c1-25-14-3-2-4-15(12-14)26-10-9-20-18(22)8-6-13-5-7-16(19)17(11-13)21(23)24/h2-8,11-12H,9-10H2,1H3,(H,20,22)/b8-6+. The van der Waals surface area contributed by atoms with Gasteiger partial charge in [-0.2, -0.15) is 0 Å². The average molecular weight is 377 g/mol. The summed E-state index contributed by atoms with van der Waals surface area (Å²) < 4.78 is 10.6. The minimum atomic E-state index is -0.574. The summed E-state index contributed by atoms with van der Waals surface area (Å²) in [5.74, 6) is 0.992. The van der Waals surface area contributed by atoms with E-state index in [-0.39, 0.29) is 16.6 Å². The van der Waals surface area contributed by atoms with Gasteiger partial charge in [-0.25, -0.2) is 0 Å². The van der Waals surface area contributed by atoms with E-state index in [0.717, 1.165) is 0 Å². The number of rotatable bonds is 8. The Hall–Kier alpha value is -3.06. The fourth-order valence-corrected chi connectivity index (χ4v) is 2.22. The fraction of sp³-hybridized carbons (Fsp3) is 0.167. The Bertz CT molecular complexity index is 823. The minimum Gasteiger partial charge on any atom is -0.497 e. The number of ether oxygens (including phenoxy) is 2. The van der Waals surface area contributed by atoms with E-state index in [9.17, 15) is 14.9 Å². The summed E-state index contributed by atoms with van der Waals surface area (Å²) >= 11 is 5.74. The number of hydrogen-bond acceptors (Lipinski definition) is 5. The molecule has 0 aliphatic rings. The fourth-order valence-electron chi connectivity index (χ4n) is 2.04. The summed E-state index contributed by atoms with van der Waals surface area (Å²) in [6, 6.07) is 11.5. The Balaban J connectivity index is 1.80. The van der Waals surface area contributed by atoms with Gasteiger partial charge in [-0.15, -0.1) is 0 Å². The number of nitrogens with one attached hydrogen (secondary N) is 1. The molecule has 136 valence electrons. The predicted molar refractivity (Wildman–Crippen MR) is 98.6 cm³/mol. The number of nitro groups is 1. The normalized spacial score (nSPS) is 10.5. The molecule has 0 aliphatic heterocycles. The van der Waals surface area contributed by atoms with Crippen LogP contribution in [0.3, 0.4) is 0 Å². The van der Waals surface area contributed by atoms with Crippen molar-refractivity contribution in [2.75, 3.05) is 20.3 Å². The molecule has 0 aromatic heterocycles. The molecule has 26 heavy (non-hydrogen) atoms. The lowest BCUT2D eigenvalue weighted by Gasteiger charge is -2.07. The van der Waals surface area contributed by atoms with Crippen molar-refractivity contribution in [1.82, 2.24) is 5.32 Å². The first-order valence-corrected chi connectivity index (χ1v) is 8.04. The first kappa shape index (κ1) is 19.3. The molecule has 0 saturated carbocycles. The van der Waals surface area contributed by atoms with Crippen LogP contribution in [0.2, 0.25) is 5.02 Å². The topological polar surface area (TPSA) is 90.7 Å². The lowest BCUT2D eigenvalue weighted by Crippen LogP contribution is -2.26. The van der Waals surface area contributed by atoms with Crippen LogP contribution in [0.5, 0.6) is 11.5 Å². The number of carbonyl (C=O) groups excluding carboxylic acids is 1. The molecule has 1 N–H and O–H groups in total. The molecule has 8 heteroatoms. The molecule has 0 heterocycles. The van der Waals surface area contributed by atoms with Crippen LogP contribution in [0, 0.1) is 10.1 Å². The number of nitro benzene ring substituents is 1. The van der Waals surface area contributed by atoms with Crippen molar-refractivity contribution in [1.29, 1.82) is 0 Å². The number of nitrogens with zero attached hydrogens (tertiary/aromatic N) is 1. The van der Waals surface area contributed by atoms with Crippen LogP contribution >= 0.6 is 11.6 Å². The van der Waals surface area contributed by atoms with Crippen molar-refractivity contribution >= 4 is 29.3 Å². The third-order valence-electron chi connectivity index (χ3n) is 3.31. The van der Waals surface area contributed by atoms with Gasteiger partial charge < -0.3 is 14.8 Å². The first-order valence-electron chi connectivity index (χ1n) is 7.66. The second kappa shape index (κ2) is 9.43. The van der Waals surface area contributed by atoms with Crippen molar-refractivity contribution in [2.24, 2.45) is 0 Å². The molecule has 0 radical (unpaired) electrons. The van der Waals surface area contributed by atoms with Crippen LogP contribution in [0.15, 0.2) is 48.5 Å². The maximum Gasteiger partial charge on any atom is 0.288 e. The van der Waals surface area contributed by atoms with Gasteiger partial charge in [-0.1, -0.05) is 23.7 Å². The highest BCUT2D eigenvalue weighted by Crippen LogP contribution is 2.25. The Kier molecular flexibility index (Phi) is 6.99. The second-order valence-electron chi connectivity index (χ2n) is 5.12. The van der Waals surface area contributed by atoms with E-state index in [1.54, 1.807) is 37.4 Å². The molecule has 0 unspecified atom stereocenters. The molecular formula is C18H17ClN2O5. The van der Waals surface area contributed by atoms with Gasteiger partial charge in [0.2, 0.25) is 5.91 Å². The van der Waals surface area contributed by atoms with Gasteiger partial charge in [-0.3, -0.25) is 14.9 Å². The lowest BCUT2D eigenvalue weighted by molar-refractivity contribution is -0.384. The van der Waals surface area contributed by atoms with E-state index in [4.69, 9.17) is 21.1 Å². The number of halogens is 1. The van der Waals surface area contributed by atoms with E-state index in [0.29, 0.717) is 30.2 Å². The maximum absolute atomic E-state index is 11.8. The molecule has 2 rings (SSSR count). The summed E-state index contributed by atoms with van der Waals surface area (Å²) in [5, 5.41) is 13.5. The number of carbonyl (C=O) groups is 1. The summed E-state index contributed by atoms with van der Waals surface area (Å²) in [6.07, 6.45) is 2.76. The molecule has 2 aromatic rings. The Morgan fingerprint density at radius 3 is 2.77 bits per heavy atom. The van der Waals surface area contributed by atoms with Crippen LogP contribution in [-0.4, -0.2) is 31.1 Å². The Labute approximate surface area is 155 Å². The highest BCUT2D eigenvalue weighted by molar-refractivity contribution is 6.32. The van der Waals surface area contributed by atoms with E-state index < -0.39 is 4.92 Å². The van der Waals surface area contributed by atoms with E-state index >= 15 is 0 Å². The quantitative estimate of drug-likeness (QED) is 0.330. The highest BCUT2D eigenvalue weighted by Gasteiger charge is 2.11. The van der Waals surface area contributed by atoms with Crippen LogP contribution in [-0.2, 0) is 4.79 Å². The predicted octanol–water partition coefficient (Wildman–Crippen LogP) is 3.47. The molecule has 0 fully saturated rings. The number of methoxy groups -OCH3 is 1. The van der Waals surface area contributed by atoms with E-state index in [2.05, 4.69) is 5.32 Å². The smallest absolute Gasteiger partial charge is 0.288 e. The minimum absolute atomic E-state index is 0.0475. The van der Waals surface area contributed by atoms with Gasteiger partial charge in [0.25, 0.3) is 5.69 Å². The van der Waals surface area contributed by atoms with Gasteiger partial charge in [0.1, 0.15) is 23.1 Å². The van der Waals surface area contributed by atoms with Gasteiger partial charge in [0.15, 0.2) is 0 Å². The molecule has 0 aliphatic carbocycles. The third-order valence-corrected chi connectivity index (χ3v) is 3.62. The molecule has 7 nitrogen and oxygen atoms in total. The summed E-state index contributed by atoms with van der Waals surface area (Å²) in [4.78, 5) is 22.0. The molecule has 0 bridgehead atoms. The lowest BCUT2D eigenvalue weighted by atomic mass is 10.2. The molecular weight excluding hydrogens is 360 g/mol. The van der Waals surface area contributed by atoms with Gasteiger partial charge in [0, 0.05) is 18.2 Å². The summed E-state index contributed by atoms with van der Waals surface area (Å²) in [7, 11) is 1.57. The zero-order valence-electron chi connectivity index (χ0n) is 14.0. The molecule has 0 saturated heterocycles. The van der Waals surface area contributed by atoms with Crippen LogP contribution in [0.1, 0.15) is 5.56 Å². The Morgan fingerprint density at radius 2 is 2.04 bits per heavy atom. The zero-order valence-corrected chi connectivity index (χ0v) is 14.7. The van der Waals surface area contributed by atoms with Gasteiger partial charge in [-0.05, 0) is 29.8 Å². The monoisotopic (exact) mass is 376 g/mol. The number of hydrogen-bond donors (Lipinski definition) is 1. The van der Waals surface area contributed by atoms with Crippen LogP contribution in [0.4, 0.5) is 5.69 Å². The van der Waals surface area contributed by atoms with Crippen molar-refractivity contribution in [3.63, 3.8) is 0 Å². The van der Waals surface area contributed by atoms with Gasteiger partial charge in [0.05, 0.1) is 18.6 Å². The molecule has 0 atom stereocenters. The largest absolute Gasteiger partial charge is 0.497 e. The van der Waals surface area contributed by atoms with Crippen LogP contribution < -0.4 is 14.8 Å². The average Bonchev–Trinajstić information content (AvgIpc) is 2.64.